The number of thioether (sulfide) groups is 1. The first-order valence-electron chi connectivity index (χ1n) is 7.08. The van der Waals surface area contributed by atoms with Gasteiger partial charge in [0.25, 0.3) is 0 Å². The fourth-order valence-electron chi connectivity index (χ4n) is 1.64. The van der Waals surface area contributed by atoms with Crippen molar-refractivity contribution in [1.82, 2.24) is 5.32 Å². The molecule has 0 aliphatic heterocycles. The minimum Gasteiger partial charge on any atom is -0.306 e. The van der Waals surface area contributed by atoms with Gasteiger partial charge in [-0.2, -0.15) is 0 Å². The van der Waals surface area contributed by atoms with Gasteiger partial charge in [-0.15, -0.1) is 11.8 Å². The molecule has 0 saturated heterocycles. The van der Waals surface area contributed by atoms with Crippen LogP contribution in [0.4, 0.5) is 0 Å². The Balaban J connectivity index is 2.88. The van der Waals surface area contributed by atoms with Crippen molar-refractivity contribution >= 4 is 11.8 Å². The van der Waals surface area contributed by atoms with Gasteiger partial charge in [0, 0.05) is 11.9 Å². The van der Waals surface area contributed by atoms with Gasteiger partial charge in [-0.3, -0.25) is 0 Å². The van der Waals surface area contributed by atoms with Gasteiger partial charge in [-0.05, 0) is 12.2 Å². The fraction of sp³-hybridized carbons (Fsp3) is 1.00. The third-order valence-electron chi connectivity index (χ3n) is 2.74. The lowest BCUT2D eigenvalue weighted by molar-refractivity contribution is 0.586. The van der Waals surface area contributed by atoms with E-state index in [-0.39, 0.29) is 0 Å². The Labute approximate surface area is 107 Å². The topological polar surface area (TPSA) is 12.0 Å². The molecule has 16 heavy (non-hydrogen) atoms. The van der Waals surface area contributed by atoms with Crippen molar-refractivity contribution in [3.63, 3.8) is 0 Å². The summed E-state index contributed by atoms with van der Waals surface area (Å²) in [5, 5.41) is 3.43. The van der Waals surface area contributed by atoms with E-state index < -0.39 is 0 Å². The molecule has 0 rings (SSSR count). The molecule has 1 N–H and O–H groups in total. The molecule has 98 valence electrons. The Morgan fingerprint density at radius 2 is 1.44 bits per heavy atom. The van der Waals surface area contributed by atoms with Crippen molar-refractivity contribution < 1.29 is 0 Å². The van der Waals surface area contributed by atoms with Crippen LogP contribution < -0.4 is 5.32 Å². The number of hydrogen-bond donors (Lipinski definition) is 1. The molecule has 0 atom stereocenters. The molecule has 0 aliphatic rings. The van der Waals surface area contributed by atoms with E-state index in [1.807, 2.05) is 11.8 Å². The highest BCUT2D eigenvalue weighted by Crippen LogP contribution is 2.10. The summed E-state index contributed by atoms with van der Waals surface area (Å²) in [4.78, 5) is 0. The number of hydrogen-bond acceptors (Lipinski definition) is 2. The molecule has 0 radical (unpaired) electrons. The number of unbranched alkanes of at least 4 members (excludes halogenated alkanes) is 7. The highest BCUT2D eigenvalue weighted by atomic mass is 32.2. The SMILES string of the molecule is CCCCCCCCCCSCNC(C)C. The van der Waals surface area contributed by atoms with Gasteiger partial charge in [0.15, 0.2) is 0 Å². The van der Waals surface area contributed by atoms with Crippen molar-refractivity contribution in [2.45, 2.75) is 78.2 Å². The lowest BCUT2D eigenvalue weighted by Crippen LogP contribution is -2.21. The van der Waals surface area contributed by atoms with Crippen LogP contribution in [0.25, 0.3) is 0 Å². The average Bonchev–Trinajstić information content (AvgIpc) is 2.25. The standard InChI is InChI=1S/C14H31NS/c1-4-5-6-7-8-9-10-11-12-16-13-15-14(2)3/h14-15H,4-13H2,1-3H3. The van der Waals surface area contributed by atoms with Crippen molar-refractivity contribution in [3.05, 3.63) is 0 Å². The Morgan fingerprint density at radius 1 is 0.875 bits per heavy atom. The van der Waals surface area contributed by atoms with Crippen LogP contribution in [0.3, 0.4) is 0 Å². The third-order valence-corrected chi connectivity index (χ3v) is 3.68. The molecule has 0 aromatic heterocycles. The molecule has 0 heterocycles. The highest BCUT2D eigenvalue weighted by molar-refractivity contribution is 7.99. The quantitative estimate of drug-likeness (QED) is 0.391. The molecule has 0 amide bonds. The molecule has 0 aromatic carbocycles. The lowest BCUT2D eigenvalue weighted by Gasteiger charge is -2.07. The van der Waals surface area contributed by atoms with E-state index in [0.717, 1.165) is 5.88 Å². The Kier molecular flexibility index (Phi) is 13.6. The van der Waals surface area contributed by atoms with Gasteiger partial charge in [0.1, 0.15) is 0 Å². The zero-order valence-electron chi connectivity index (χ0n) is 11.6. The minimum absolute atomic E-state index is 0.631. The number of rotatable bonds is 12. The second kappa shape index (κ2) is 13.4. The number of nitrogens with one attached hydrogen (secondary N) is 1. The summed E-state index contributed by atoms with van der Waals surface area (Å²) in [6, 6.07) is 0.631. The summed E-state index contributed by atoms with van der Waals surface area (Å²) in [6.07, 6.45) is 11.4. The van der Waals surface area contributed by atoms with Gasteiger partial charge < -0.3 is 5.32 Å². The summed E-state index contributed by atoms with van der Waals surface area (Å²) in [5.41, 5.74) is 0. The van der Waals surface area contributed by atoms with Crippen LogP contribution in [0.15, 0.2) is 0 Å². The summed E-state index contributed by atoms with van der Waals surface area (Å²) < 4.78 is 0. The van der Waals surface area contributed by atoms with Crippen LogP contribution in [0.5, 0.6) is 0 Å². The zero-order valence-corrected chi connectivity index (χ0v) is 12.4. The zero-order chi connectivity index (χ0) is 12.1. The van der Waals surface area contributed by atoms with E-state index in [9.17, 15) is 0 Å². The normalized spacial score (nSPS) is 11.2. The van der Waals surface area contributed by atoms with E-state index in [2.05, 4.69) is 26.1 Å². The third kappa shape index (κ3) is 14.3. The largest absolute Gasteiger partial charge is 0.306 e. The smallest absolute Gasteiger partial charge is 0.0419 e. The molecular formula is C14H31NS. The maximum absolute atomic E-state index is 3.43. The average molecular weight is 245 g/mol. The van der Waals surface area contributed by atoms with Crippen LogP contribution >= 0.6 is 11.8 Å². The second-order valence-electron chi connectivity index (χ2n) is 4.89. The Bertz CT molecular complexity index is 126. The second-order valence-corrected chi connectivity index (χ2v) is 5.99. The first-order chi connectivity index (χ1) is 7.77. The molecule has 0 fully saturated rings. The first-order valence-corrected chi connectivity index (χ1v) is 8.24. The molecule has 0 saturated carbocycles. The van der Waals surface area contributed by atoms with Crippen LogP contribution in [0.2, 0.25) is 0 Å². The molecule has 0 unspecified atom stereocenters. The predicted octanol–water partition coefficient (Wildman–Crippen LogP) is 4.82. The first kappa shape index (κ1) is 16.3. The molecule has 0 aromatic rings. The highest BCUT2D eigenvalue weighted by Gasteiger charge is 1.93. The van der Waals surface area contributed by atoms with Crippen molar-refractivity contribution in [2.24, 2.45) is 0 Å². The van der Waals surface area contributed by atoms with Crippen molar-refractivity contribution in [2.75, 3.05) is 11.6 Å². The summed E-state index contributed by atoms with van der Waals surface area (Å²) in [7, 11) is 0. The van der Waals surface area contributed by atoms with Gasteiger partial charge in [0.05, 0.1) is 0 Å². The summed E-state index contributed by atoms with van der Waals surface area (Å²) in [6.45, 7) is 6.69. The molecule has 0 bridgehead atoms. The Morgan fingerprint density at radius 3 is 2.00 bits per heavy atom. The van der Waals surface area contributed by atoms with Crippen LogP contribution in [-0.4, -0.2) is 17.7 Å². The minimum atomic E-state index is 0.631. The molecular weight excluding hydrogens is 214 g/mol. The molecule has 0 aliphatic carbocycles. The van der Waals surface area contributed by atoms with Crippen molar-refractivity contribution in [1.29, 1.82) is 0 Å². The van der Waals surface area contributed by atoms with Crippen LogP contribution in [-0.2, 0) is 0 Å². The van der Waals surface area contributed by atoms with Gasteiger partial charge in [-0.25, -0.2) is 0 Å². The van der Waals surface area contributed by atoms with Crippen LogP contribution in [0, 0.1) is 0 Å². The van der Waals surface area contributed by atoms with Gasteiger partial charge >= 0.3 is 0 Å². The predicted molar refractivity (Wildman–Crippen MR) is 78.2 cm³/mol. The summed E-state index contributed by atoms with van der Waals surface area (Å²) >= 11 is 2.04. The molecule has 0 spiro atoms. The van der Waals surface area contributed by atoms with E-state index >= 15 is 0 Å². The van der Waals surface area contributed by atoms with Crippen molar-refractivity contribution in [3.8, 4) is 0 Å². The van der Waals surface area contributed by atoms with E-state index in [1.165, 1.54) is 57.1 Å². The lowest BCUT2D eigenvalue weighted by atomic mass is 10.1. The van der Waals surface area contributed by atoms with Gasteiger partial charge in [0.2, 0.25) is 0 Å². The van der Waals surface area contributed by atoms with Gasteiger partial charge in [-0.1, -0.05) is 65.7 Å². The Hall–Kier alpha value is 0.310. The van der Waals surface area contributed by atoms with E-state index in [4.69, 9.17) is 0 Å². The molecule has 1 nitrogen and oxygen atoms in total. The van der Waals surface area contributed by atoms with E-state index in [0.29, 0.717) is 6.04 Å². The van der Waals surface area contributed by atoms with E-state index in [1.54, 1.807) is 0 Å². The molecule has 2 heteroatoms. The maximum atomic E-state index is 3.43. The monoisotopic (exact) mass is 245 g/mol. The fourth-order valence-corrected chi connectivity index (χ4v) is 2.64. The maximum Gasteiger partial charge on any atom is 0.0419 e. The van der Waals surface area contributed by atoms with Crippen LogP contribution in [0.1, 0.15) is 72.1 Å². The summed E-state index contributed by atoms with van der Waals surface area (Å²) in [5.74, 6) is 2.45.